The van der Waals surface area contributed by atoms with E-state index in [0.717, 1.165) is 0 Å². The molecule has 0 radical (unpaired) electrons. The highest BCUT2D eigenvalue weighted by molar-refractivity contribution is 8.76. The fourth-order valence-electron chi connectivity index (χ4n) is 2.98. The lowest BCUT2D eigenvalue weighted by atomic mass is 10.0. The van der Waals surface area contributed by atoms with Crippen molar-refractivity contribution in [2.45, 2.75) is 58.3 Å². The van der Waals surface area contributed by atoms with Crippen molar-refractivity contribution in [2.24, 2.45) is 11.8 Å². The molecule has 12 heteroatoms. The smallest absolute Gasteiger partial charge is 0.330 e. The molecule has 2 aliphatic rings. The van der Waals surface area contributed by atoms with Crippen LogP contribution in [0.3, 0.4) is 0 Å². The van der Waals surface area contributed by atoms with E-state index < -0.39 is 54.0 Å². The van der Waals surface area contributed by atoms with Crippen molar-refractivity contribution in [3.63, 3.8) is 0 Å². The van der Waals surface area contributed by atoms with Gasteiger partial charge in [-0.1, -0.05) is 55.4 Å². The van der Waals surface area contributed by atoms with E-state index in [1.165, 1.54) is 27.7 Å². The van der Waals surface area contributed by atoms with E-state index >= 15 is 0 Å². The van der Waals surface area contributed by atoms with Gasteiger partial charge < -0.3 is 20.7 Å². The van der Waals surface area contributed by atoms with Crippen molar-refractivity contribution in [1.29, 1.82) is 0 Å². The van der Waals surface area contributed by atoms with Gasteiger partial charge >= 0.3 is 12.0 Å². The standard InChI is InChI=1S/C20H30N4O6S2/c1-10(2)14-18(27)21-12-9-32-31-8-6-5-7-13(17(26)22-14)30-19(28)15(11(3)4)23-20(29)24-16(12)25/h5,7,10-15H,6,8-9H2,1-4H3,(H,21,27)(H,22,26)(H2,23,24,25,29)/b7-5-/t12?,13-,14+,15?/m1/s1. The van der Waals surface area contributed by atoms with Gasteiger partial charge in [0.15, 0.2) is 6.10 Å². The summed E-state index contributed by atoms with van der Waals surface area (Å²) in [7, 11) is 2.88. The zero-order chi connectivity index (χ0) is 23.8. The molecule has 178 valence electrons. The Morgan fingerprint density at radius 1 is 0.875 bits per heavy atom. The molecule has 2 rings (SSSR count). The SMILES string of the molecule is CC(C)C1NC(=O)NC(=O)C2CSSCC/C=C\[C@@H](OC1=O)C(=O)N[C@@H](C(C)C)C(=O)N2. The number of carbonyl (C=O) groups is 5. The van der Waals surface area contributed by atoms with Crippen LogP contribution in [0.5, 0.6) is 0 Å². The first-order chi connectivity index (χ1) is 15.1. The minimum absolute atomic E-state index is 0.219. The summed E-state index contributed by atoms with van der Waals surface area (Å²) in [5.41, 5.74) is 0. The molecule has 4 N–H and O–H groups in total. The van der Waals surface area contributed by atoms with Crippen molar-refractivity contribution in [3.05, 3.63) is 12.2 Å². The number of fused-ring (bicyclic) bond motifs is 6. The Balaban J connectivity index is 2.51. The average molecular weight is 487 g/mol. The molecular weight excluding hydrogens is 456 g/mol. The third-order valence-electron chi connectivity index (χ3n) is 4.82. The van der Waals surface area contributed by atoms with E-state index in [0.29, 0.717) is 12.2 Å². The maximum absolute atomic E-state index is 13.0. The van der Waals surface area contributed by atoms with Crippen molar-refractivity contribution in [3.8, 4) is 0 Å². The molecule has 0 spiro atoms. The molecule has 32 heavy (non-hydrogen) atoms. The number of esters is 1. The van der Waals surface area contributed by atoms with Crippen LogP contribution in [0.1, 0.15) is 34.1 Å². The van der Waals surface area contributed by atoms with Crippen LogP contribution in [0.15, 0.2) is 12.2 Å². The monoisotopic (exact) mass is 486 g/mol. The maximum atomic E-state index is 13.0. The van der Waals surface area contributed by atoms with Crippen LogP contribution in [0.25, 0.3) is 0 Å². The lowest BCUT2D eigenvalue weighted by molar-refractivity contribution is -0.156. The van der Waals surface area contributed by atoms with E-state index in [1.807, 2.05) is 0 Å². The van der Waals surface area contributed by atoms with Crippen molar-refractivity contribution in [1.82, 2.24) is 21.3 Å². The molecule has 2 heterocycles. The van der Waals surface area contributed by atoms with Crippen LogP contribution in [0.4, 0.5) is 4.79 Å². The third-order valence-corrected chi connectivity index (χ3v) is 7.27. The first-order valence-electron chi connectivity index (χ1n) is 10.4. The number of rotatable bonds is 2. The van der Waals surface area contributed by atoms with Gasteiger partial charge in [0.1, 0.15) is 18.1 Å². The number of urea groups is 1. The predicted molar refractivity (Wildman–Crippen MR) is 123 cm³/mol. The number of ether oxygens (including phenoxy) is 1. The Hall–Kier alpha value is -2.21. The lowest BCUT2D eigenvalue weighted by Crippen LogP contribution is -2.60. The van der Waals surface area contributed by atoms with E-state index in [9.17, 15) is 24.0 Å². The Morgan fingerprint density at radius 3 is 2.22 bits per heavy atom. The molecule has 1 saturated heterocycles. The summed E-state index contributed by atoms with van der Waals surface area (Å²) in [4.78, 5) is 63.8. The van der Waals surface area contributed by atoms with Crippen LogP contribution in [-0.4, -0.2) is 65.5 Å². The molecule has 0 saturated carbocycles. The average Bonchev–Trinajstić information content (AvgIpc) is 2.71. The van der Waals surface area contributed by atoms with Gasteiger partial charge in [-0.05, 0) is 24.3 Å². The second-order valence-corrected chi connectivity index (χ2v) is 10.8. The van der Waals surface area contributed by atoms with E-state index in [-0.39, 0.29) is 17.6 Å². The van der Waals surface area contributed by atoms with E-state index in [1.54, 1.807) is 33.8 Å². The number of carbonyl (C=O) groups excluding carboxylic acids is 5. The zero-order valence-corrected chi connectivity index (χ0v) is 20.1. The summed E-state index contributed by atoms with van der Waals surface area (Å²) >= 11 is 0. The van der Waals surface area contributed by atoms with Crippen molar-refractivity contribution in [2.75, 3.05) is 11.5 Å². The van der Waals surface area contributed by atoms with Gasteiger partial charge in [0.2, 0.25) is 5.91 Å². The molecule has 0 aromatic rings. The number of hydrogen-bond donors (Lipinski definition) is 4. The van der Waals surface area contributed by atoms with Crippen LogP contribution in [0, 0.1) is 11.8 Å². The molecule has 0 aliphatic carbocycles. The number of imide groups is 1. The fourth-order valence-corrected chi connectivity index (χ4v) is 5.13. The molecule has 5 amide bonds. The summed E-state index contributed by atoms with van der Waals surface area (Å²) in [6, 6.07) is -3.94. The fraction of sp³-hybridized carbons (Fsp3) is 0.650. The molecular formula is C20H30N4O6S2. The lowest BCUT2D eigenvalue weighted by Gasteiger charge is -2.28. The van der Waals surface area contributed by atoms with E-state index in [4.69, 9.17) is 4.74 Å². The number of allylic oxidation sites excluding steroid dienone is 1. The first-order valence-corrected chi connectivity index (χ1v) is 12.9. The molecule has 2 unspecified atom stereocenters. The Labute approximate surface area is 195 Å². The molecule has 0 aromatic heterocycles. The van der Waals surface area contributed by atoms with Gasteiger partial charge in [0.25, 0.3) is 11.8 Å². The predicted octanol–water partition coefficient (Wildman–Crippen LogP) is 0.729. The summed E-state index contributed by atoms with van der Waals surface area (Å²) in [5, 5.41) is 9.90. The van der Waals surface area contributed by atoms with Crippen LogP contribution in [-0.2, 0) is 23.9 Å². The summed E-state index contributed by atoms with van der Waals surface area (Å²) in [5.74, 6) is -2.53. The van der Waals surface area contributed by atoms with Gasteiger partial charge in [-0.25, -0.2) is 9.59 Å². The van der Waals surface area contributed by atoms with Crippen LogP contribution >= 0.6 is 21.6 Å². The Kier molecular flexibility index (Phi) is 9.88. The Morgan fingerprint density at radius 2 is 1.56 bits per heavy atom. The maximum Gasteiger partial charge on any atom is 0.330 e. The summed E-state index contributed by atoms with van der Waals surface area (Å²) in [6.45, 7) is 6.89. The molecule has 1 fully saturated rings. The molecule has 4 atom stereocenters. The zero-order valence-electron chi connectivity index (χ0n) is 18.5. The summed E-state index contributed by atoms with van der Waals surface area (Å²) in [6.07, 6.45) is 2.55. The highest BCUT2D eigenvalue weighted by atomic mass is 33.1. The molecule has 10 nitrogen and oxygen atoms in total. The molecule has 2 aliphatic heterocycles. The topological polar surface area (TPSA) is 143 Å². The molecule has 0 aromatic carbocycles. The normalized spacial score (nSPS) is 29.8. The van der Waals surface area contributed by atoms with Crippen LogP contribution < -0.4 is 21.3 Å². The minimum atomic E-state index is -1.27. The highest BCUT2D eigenvalue weighted by Crippen LogP contribution is 2.23. The first kappa shape index (κ1) is 26.0. The van der Waals surface area contributed by atoms with Crippen molar-refractivity contribution < 1.29 is 28.7 Å². The summed E-state index contributed by atoms with van der Waals surface area (Å²) < 4.78 is 5.43. The quantitative estimate of drug-likeness (QED) is 0.254. The van der Waals surface area contributed by atoms with Gasteiger partial charge in [-0.3, -0.25) is 19.7 Å². The van der Waals surface area contributed by atoms with Crippen LogP contribution in [0.2, 0.25) is 0 Å². The Bertz CT molecular complexity index is 773. The number of hydrogen-bond acceptors (Lipinski definition) is 8. The highest BCUT2D eigenvalue weighted by Gasteiger charge is 2.35. The largest absolute Gasteiger partial charge is 0.446 e. The number of nitrogens with one attached hydrogen (secondary N) is 4. The van der Waals surface area contributed by atoms with Gasteiger partial charge in [0, 0.05) is 11.5 Å². The second-order valence-electron chi connectivity index (χ2n) is 8.16. The minimum Gasteiger partial charge on any atom is -0.446 e. The number of amides is 5. The van der Waals surface area contributed by atoms with Gasteiger partial charge in [0.05, 0.1) is 0 Å². The van der Waals surface area contributed by atoms with E-state index in [2.05, 4.69) is 21.3 Å². The third kappa shape index (κ3) is 7.44. The van der Waals surface area contributed by atoms with Gasteiger partial charge in [-0.15, -0.1) is 0 Å². The van der Waals surface area contributed by atoms with Crippen molar-refractivity contribution >= 4 is 51.3 Å². The molecule has 2 bridgehead atoms. The van der Waals surface area contributed by atoms with Gasteiger partial charge in [-0.2, -0.15) is 0 Å². The second kappa shape index (κ2) is 12.1.